The molecule has 0 aliphatic heterocycles. The monoisotopic (exact) mass is 242 g/mol. The third kappa shape index (κ3) is 6.60. The maximum absolute atomic E-state index is 11.9. The summed E-state index contributed by atoms with van der Waals surface area (Å²) in [5, 5.41) is 11.4. The molecule has 0 rings (SSSR count). The fourth-order valence-electron chi connectivity index (χ4n) is 1.41. The van der Waals surface area contributed by atoms with Gasteiger partial charge in [-0.05, 0) is 27.2 Å². The number of urea groups is 1. The largest absolute Gasteiger partial charge is 0.481 e. The van der Waals surface area contributed by atoms with E-state index in [1.165, 1.54) is 4.90 Å². The third-order valence-electron chi connectivity index (χ3n) is 2.34. The lowest BCUT2D eigenvalue weighted by atomic mass is 10.2. The van der Waals surface area contributed by atoms with E-state index in [9.17, 15) is 9.59 Å². The predicted octanol–water partition coefficient (Wildman–Crippen LogP) is 1.85. The van der Waals surface area contributed by atoms with Gasteiger partial charge in [-0.15, -0.1) is 6.58 Å². The smallest absolute Gasteiger partial charge is 0.317 e. The molecule has 2 N–H and O–H groups in total. The second-order valence-electron chi connectivity index (χ2n) is 4.31. The highest BCUT2D eigenvalue weighted by Crippen LogP contribution is 2.02. The summed E-state index contributed by atoms with van der Waals surface area (Å²) in [6.07, 6.45) is 2.39. The standard InChI is InChI=1S/C12H22N2O3/c1-5-6-10(4)13-12(17)14(9(2)3)8-7-11(15)16/h5,9-10H,1,6-8H2,2-4H3,(H,13,17)(H,15,16). The molecule has 1 atom stereocenters. The molecule has 0 aromatic rings. The summed E-state index contributed by atoms with van der Waals surface area (Å²) in [6.45, 7) is 9.43. The molecule has 0 heterocycles. The summed E-state index contributed by atoms with van der Waals surface area (Å²) in [6, 6.07) is -0.244. The van der Waals surface area contributed by atoms with Crippen molar-refractivity contribution in [2.75, 3.05) is 6.54 Å². The fourth-order valence-corrected chi connectivity index (χ4v) is 1.41. The van der Waals surface area contributed by atoms with Crippen molar-refractivity contribution in [2.24, 2.45) is 0 Å². The number of aliphatic carboxylic acids is 1. The molecular weight excluding hydrogens is 220 g/mol. The zero-order valence-corrected chi connectivity index (χ0v) is 10.8. The average Bonchev–Trinajstić information content (AvgIpc) is 2.16. The van der Waals surface area contributed by atoms with Crippen LogP contribution in [0.15, 0.2) is 12.7 Å². The zero-order chi connectivity index (χ0) is 13.4. The Balaban J connectivity index is 4.33. The number of hydrogen-bond donors (Lipinski definition) is 2. The lowest BCUT2D eigenvalue weighted by molar-refractivity contribution is -0.137. The minimum atomic E-state index is -0.900. The first-order chi connectivity index (χ1) is 7.88. The molecule has 0 aromatic carbocycles. The molecule has 0 spiro atoms. The molecule has 0 saturated heterocycles. The molecule has 0 radical (unpaired) electrons. The summed E-state index contributed by atoms with van der Waals surface area (Å²) in [4.78, 5) is 23.9. The highest BCUT2D eigenvalue weighted by molar-refractivity contribution is 5.75. The van der Waals surface area contributed by atoms with Crippen LogP contribution in [-0.4, -0.2) is 40.6 Å². The van der Waals surface area contributed by atoms with Gasteiger partial charge in [-0.25, -0.2) is 4.79 Å². The molecule has 1 unspecified atom stereocenters. The van der Waals surface area contributed by atoms with Crippen LogP contribution < -0.4 is 5.32 Å². The number of nitrogens with one attached hydrogen (secondary N) is 1. The van der Waals surface area contributed by atoms with Gasteiger partial charge in [-0.1, -0.05) is 6.08 Å². The Kier molecular flexibility index (Phi) is 7.02. The van der Waals surface area contributed by atoms with E-state index >= 15 is 0 Å². The molecule has 17 heavy (non-hydrogen) atoms. The summed E-state index contributed by atoms with van der Waals surface area (Å²) in [7, 11) is 0. The van der Waals surface area contributed by atoms with E-state index in [0.717, 1.165) is 0 Å². The number of hydrogen-bond acceptors (Lipinski definition) is 2. The van der Waals surface area contributed by atoms with E-state index < -0.39 is 5.97 Å². The Bertz CT molecular complexity index is 277. The van der Waals surface area contributed by atoms with Gasteiger partial charge in [-0.3, -0.25) is 4.79 Å². The van der Waals surface area contributed by atoms with Crippen LogP contribution in [0.1, 0.15) is 33.6 Å². The summed E-state index contributed by atoms with van der Waals surface area (Å²) in [5.74, 6) is -0.900. The molecule has 0 aliphatic rings. The van der Waals surface area contributed by atoms with E-state index in [-0.39, 0.29) is 31.1 Å². The van der Waals surface area contributed by atoms with Gasteiger partial charge in [-0.2, -0.15) is 0 Å². The minimum absolute atomic E-state index is 0.00563. The van der Waals surface area contributed by atoms with Crippen molar-refractivity contribution in [1.82, 2.24) is 10.2 Å². The van der Waals surface area contributed by atoms with E-state index in [1.807, 2.05) is 20.8 Å². The first-order valence-electron chi connectivity index (χ1n) is 5.78. The van der Waals surface area contributed by atoms with Gasteiger partial charge in [0.25, 0.3) is 0 Å². The first kappa shape index (κ1) is 15.5. The van der Waals surface area contributed by atoms with Crippen LogP contribution in [0.3, 0.4) is 0 Å². The average molecular weight is 242 g/mol. The second kappa shape index (κ2) is 7.70. The van der Waals surface area contributed by atoms with E-state index in [1.54, 1.807) is 6.08 Å². The molecule has 0 aliphatic carbocycles. The maximum atomic E-state index is 11.9. The Labute approximate surface area is 102 Å². The van der Waals surface area contributed by atoms with Gasteiger partial charge in [0.15, 0.2) is 0 Å². The molecule has 0 aromatic heterocycles. The number of nitrogens with zero attached hydrogens (tertiary/aromatic N) is 1. The Morgan fingerprint density at radius 2 is 2.00 bits per heavy atom. The minimum Gasteiger partial charge on any atom is -0.481 e. The SMILES string of the molecule is C=CCC(C)NC(=O)N(CCC(=O)O)C(C)C. The number of rotatable bonds is 7. The van der Waals surface area contributed by atoms with E-state index in [4.69, 9.17) is 5.11 Å². The molecule has 0 fully saturated rings. The number of carboxylic acids is 1. The van der Waals surface area contributed by atoms with Gasteiger partial charge in [0.05, 0.1) is 6.42 Å². The number of amides is 2. The molecule has 0 bridgehead atoms. The van der Waals surface area contributed by atoms with Crippen molar-refractivity contribution in [3.63, 3.8) is 0 Å². The van der Waals surface area contributed by atoms with Crippen LogP contribution in [0.25, 0.3) is 0 Å². The summed E-state index contributed by atoms with van der Waals surface area (Å²) < 4.78 is 0. The number of carbonyl (C=O) groups excluding carboxylic acids is 1. The number of carbonyl (C=O) groups is 2. The highest BCUT2D eigenvalue weighted by atomic mass is 16.4. The van der Waals surface area contributed by atoms with Crippen LogP contribution >= 0.6 is 0 Å². The molecule has 5 heteroatoms. The van der Waals surface area contributed by atoms with E-state index in [0.29, 0.717) is 6.42 Å². The van der Waals surface area contributed by atoms with Crippen molar-refractivity contribution in [2.45, 2.75) is 45.7 Å². The quantitative estimate of drug-likeness (QED) is 0.669. The van der Waals surface area contributed by atoms with Gasteiger partial charge >= 0.3 is 12.0 Å². The zero-order valence-electron chi connectivity index (χ0n) is 10.8. The molecule has 0 saturated carbocycles. The van der Waals surface area contributed by atoms with E-state index in [2.05, 4.69) is 11.9 Å². The van der Waals surface area contributed by atoms with Crippen molar-refractivity contribution in [1.29, 1.82) is 0 Å². The first-order valence-corrected chi connectivity index (χ1v) is 5.78. The predicted molar refractivity (Wildman–Crippen MR) is 66.9 cm³/mol. The highest BCUT2D eigenvalue weighted by Gasteiger charge is 2.18. The van der Waals surface area contributed by atoms with Gasteiger partial charge < -0.3 is 15.3 Å². The van der Waals surface area contributed by atoms with Crippen LogP contribution in [0, 0.1) is 0 Å². The van der Waals surface area contributed by atoms with Crippen molar-refractivity contribution < 1.29 is 14.7 Å². The van der Waals surface area contributed by atoms with Gasteiger partial charge in [0.1, 0.15) is 0 Å². The lowest BCUT2D eigenvalue weighted by Crippen LogP contribution is -2.47. The van der Waals surface area contributed by atoms with Gasteiger partial charge in [0, 0.05) is 18.6 Å². The second-order valence-corrected chi connectivity index (χ2v) is 4.31. The van der Waals surface area contributed by atoms with Crippen molar-refractivity contribution in [3.8, 4) is 0 Å². The van der Waals surface area contributed by atoms with Crippen molar-refractivity contribution >= 4 is 12.0 Å². The normalized spacial score (nSPS) is 12.0. The maximum Gasteiger partial charge on any atom is 0.317 e. The topological polar surface area (TPSA) is 69.6 Å². The van der Waals surface area contributed by atoms with Crippen LogP contribution in [0.4, 0.5) is 4.79 Å². The Morgan fingerprint density at radius 1 is 1.41 bits per heavy atom. The summed E-state index contributed by atoms with van der Waals surface area (Å²) >= 11 is 0. The summed E-state index contributed by atoms with van der Waals surface area (Å²) in [5.41, 5.74) is 0. The lowest BCUT2D eigenvalue weighted by Gasteiger charge is -2.27. The van der Waals surface area contributed by atoms with Crippen molar-refractivity contribution in [3.05, 3.63) is 12.7 Å². The molecule has 2 amide bonds. The Morgan fingerprint density at radius 3 is 2.41 bits per heavy atom. The molecule has 98 valence electrons. The number of carboxylic acid groups (broad SMARTS) is 1. The Hall–Kier alpha value is -1.52. The van der Waals surface area contributed by atoms with Crippen LogP contribution in [0.5, 0.6) is 0 Å². The fraction of sp³-hybridized carbons (Fsp3) is 0.667. The molecule has 5 nitrogen and oxygen atoms in total. The van der Waals surface area contributed by atoms with Gasteiger partial charge in [0.2, 0.25) is 0 Å². The van der Waals surface area contributed by atoms with Crippen LogP contribution in [-0.2, 0) is 4.79 Å². The third-order valence-corrected chi connectivity index (χ3v) is 2.34. The van der Waals surface area contributed by atoms with Crippen LogP contribution in [0.2, 0.25) is 0 Å². The molecular formula is C12H22N2O3.